The van der Waals surface area contributed by atoms with Crippen LogP contribution in [0.25, 0.3) is 0 Å². The fourth-order valence-corrected chi connectivity index (χ4v) is 2.24. The summed E-state index contributed by atoms with van der Waals surface area (Å²) in [6, 6.07) is 6.01. The molecule has 3 nitrogen and oxygen atoms in total. The van der Waals surface area contributed by atoms with Gasteiger partial charge in [-0.2, -0.15) is 0 Å². The van der Waals surface area contributed by atoms with Crippen LogP contribution in [0.2, 0.25) is 0 Å². The highest BCUT2D eigenvalue weighted by Crippen LogP contribution is 2.20. The molecule has 0 atom stereocenters. The molecule has 5 heteroatoms. The van der Waals surface area contributed by atoms with E-state index in [0.717, 1.165) is 31.6 Å². The summed E-state index contributed by atoms with van der Waals surface area (Å²) in [6.07, 6.45) is 1.84. The van der Waals surface area contributed by atoms with Crippen molar-refractivity contribution in [2.75, 3.05) is 30.4 Å². The Morgan fingerprint density at radius 2 is 1.89 bits per heavy atom. The molecule has 0 radical (unpaired) electrons. The van der Waals surface area contributed by atoms with Crippen molar-refractivity contribution in [3.05, 3.63) is 30.1 Å². The molecule has 98 valence electrons. The number of hydrogen-bond donors (Lipinski definition) is 0. The first kappa shape index (κ1) is 13.1. The van der Waals surface area contributed by atoms with Crippen LogP contribution >= 0.6 is 11.6 Å². The van der Waals surface area contributed by atoms with Gasteiger partial charge in [0.05, 0.1) is 0 Å². The SMILES string of the molecule is O=C1N(CCCCCl)CCN1c1ccc(F)cc1. The Labute approximate surface area is 111 Å². The number of alkyl halides is 1. The number of amides is 2. The molecule has 1 aromatic carbocycles. The van der Waals surface area contributed by atoms with Crippen LogP contribution in [-0.2, 0) is 0 Å². The highest BCUT2D eigenvalue weighted by Gasteiger charge is 2.28. The molecule has 1 fully saturated rings. The number of halogens is 2. The lowest BCUT2D eigenvalue weighted by Crippen LogP contribution is -2.32. The lowest BCUT2D eigenvalue weighted by atomic mass is 10.3. The van der Waals surface area contributed by atoms with Crippen molar-refractivity contribution in [2.45, 2.75) is 12.8 Å². The first-order valence-electron chi connectivity index (χ1n) is 6.10. The molecule has 1 heterocycles. The van der Waals surface area contributed by atoms with Crippen LogP contribution in [-0.4, -0.2) is 36.4 Å². The fourth-order valence-electron chi connectivity index (χ4n) is 2.05. The van der Waals surface area contributed by atoms with Gasteiger partial charge in [0.25, 0.3) is 0 Å². The predicted molar refractivity (Wildman–Crippen MR) is 70.7 cm³/mol. The van der Waals surface area contributed by atoms with Crippen molar-refractivity contribution in [3.8, 4) is 0 Å². The zero-order valence-electron chi connectivity index (χ0n) is 10.1. The van der Waals surface area contributed by atoms with Gasteiger partial charge < -0.3 is 4.90 Å². The summed E-state index contributed by atoms with van der Waals surface area (Å²) in [5, 5.41) is 0. The molecule has 2 rings (SSSR count). The quantitative estimate of drug-likeness (QED) is 0.596. The normalized spacial score (nSPS) is 15.6. The summed E-state index contributed by atoms with van der Waals surface area (Å²) >= 11 is 5.61. The number of nitrogens with zero attached hydrogens (tertiary/aromatic N) is 2. The molecular formula is C13H16ClFN2O. The molecule has 1 aromatic rings. The highest BCUT2D eigenvalue weighted by molar-refractivity contribution is 6.17. The number of benzene rings is 1. The van der Waals surface area contributed by atoms with E-state index in [-0.39, 0.29) is 11.8 Å². The Morgan fingerprint density at radius 3 is 2.56 bits per heavy atom. The number of rotatable bonds is 5. The maximum absolute atomic E-state index is 12.8. The molecule has 18 heavy (non-hydrogen) atoms. The second-order valence-electron chi connectivity index (χ2n) is 4.29. The maximum Gasteiger partial charge on any atom is 0.324 e. The topological polar surface area (TPSA) is 23.6 Å². The maximum atomic E-state index is 12.8. The van der Waals surface area contributed by atoms with Crippen molar-refractivity contribution < 1.29 is 9.18 Å². The van der Waals surface area contributed by atoms with Crippen LogP contribution in [0.1, 0.15) is 12.8 Å². The van der Waals surface area contributed by atoms with E-state index in [2.05, 4.69) is 0 Å². The van der Waals surface area contributed by atoms with Crippen molar-refractivity contribution in [1.82, 2.24) is 4.90 Å². The Balaban J connectivity index is 1.96. The first-order valence-corrected chi connectivity index (χ1v) is 6.64. The smallest absolute Gasteiger partial charge is 0.323 e. The molecule has 0 aliphatic carbocycles. The second-order valence-corrected chi connectivity index (χ2v) is 4.67. The molecule has 1 aliphatic heterocycles. The van der Waals surface area contributed by atoms with Gasteiger partial charge in [-0.15, -0.1) is 11.6 Å². The lowest BCUT2D eigenvalue weighted by Gasteiger charge is -2.18. The fraction of sp³-hybridized carbons (Fsp3) is 0.462. The van der Waals surface area contributed by atoms with Crippen molar-refractivity contribution in [2.24, 2.45) is 0 Å². The number of hydrogen-bond acceptors (Lipinski definition) is 1. The summed E-state index contributed by atoms with van der Waals surface area (Å²) in [7, 11) is 0. The van der Waals surface area contributed by atoms with Crippen LogP contribution in [0.15, 0.2) is 24.3 Å². The minimum Gasteiger partial charge on any atom is -0.323 e. The number of unbranched alkanes of at least 4 members (excludes halogenated alkanes) is 1. The third-order valence-electron chi connectivity index (χ3n) is 3.04. The molecule has 0 aromatic heterocycles. The van der Waals surface area contributed by atoms with Crippen LogP contribution < -0.4 is 4.90 Å². The Bertz CT molecular complexity index is 410. The minimum atomic E-state index is -0.288. The van der Waals surface area contributed by atoms with Gasteiger partial charge in [-0.3, -0.25) is 4.90 Å². The van der Waals surface area contributed by atoms with Crippen LogP contribution in [0.5, 0.6) is 0 Å². The zero-order chi connectivity index (χ0) is 13.0. The van der Waals surface area contributed by atoms with Gasteiger partial charge in [0.1, 0.15) is 5.82 Å². The average Bonchev–Trinajstić information content (AvgIpc) is 2.73. The van der Waals surface area contributed by atoms with E-state index in [0.29, 0.717) is 12.4 Å². The van der Waals surface area contributed by atoms with Gasteiger partial charge in [-0.05, 0) is 37.1 Å². The summed E-state index contributed by atoms with van der Waals surface area (Å²) in [6.45, 7) is 2.12. The summed E-state index contributed by atoms with van der Waals surface area (Å²) < 4.78 is 12.8. The summed E-state index contributed by atoms with van der Waals surface area (Å²) in [5.41, 5.74) is 0.751. The third-order valence-corrected chi connectivity index (χ3v) is 3.31. The van der Waals surface area contributed by atoms with Gasteiger partial charge in [-0.1, -0.05) is 0 Å². The van der Waals surface area contributed by atoms with Crippen molar-refractivity contribution in [1.29, 1.82) is 0 Å². The average molecular weight is 271 g/mol. The Kier molecular flexibility index (Phi) is 4.42. The Morgan fingerprint density at radius 1 is 1.17 bits per heavy atom. The second kappa shape index (κ2) is 6.05. The minimum absolute atomic E-state index is 0.00354. The van der Waals surface area contributed by atoms with E-state index in [1.165, 1.54) is 12.1 Å². The van der Waals surface area contributed by atoms with Gasteiger partial charge in [0, 0.05) is 31.2 Å². The zero-order valence-corrected chi connectivity index (χ0v) is 10.9. The van der Waals surface area contributed by atoms with Gasteiger partial charge in [0.15, 0.2) is 0 Å². The number of carbonyl (C=O) groups excluding carboxylic acids is 1. The number of anilines is 1. The van der Waals surface area contributed by atoms with Gasteiger partial charge >= 0.3 is 6.03 Å². The van der Waals surface area contributed by atoms with E-state index in [4.69, 9.17) is 11.6 Å². The first-order chi connectivity index (χ1) is 8.72. The van der Waals surface area contributed by atoms with E-state index in [1.807, 2.05) is 4.90 Å². The number of urea groups is 1. The molecule has 0 unspecified atom stereocenters. The third kappa shape index (κ3) is 2.93. The molecule has 0 bridgehead atoms. The van der Waals surface area contributed by atoms with E-state index >= 15 is 0 Å². The summed E-state index contributed by atoms with van der Waals surface area (Å²) in [4.78, 5) is 15.6. The molecule has 1 saturated heterocycles. The van der Waals surface area contributed by atoms with Crippen LogP contribution in [0, 0.1) is 5.82 Å². The van der Waals surface area contributed by atoms with E-state index < -0.39 is 0 Å². The molecule has 0 saturated carbocycles. The number of carbonyl (C=O) groups is 1. The van der Waals surface area contributed by atoms with E-state index in [1.54, 1.807) is 17.0 Å². The molecule has 1 aliphatic rings. The molecule has 0 N–H and O–H groups in total. The van der Waals surface area contributed by atoms with Gasteiger partial charge in [-0.25, -0.2) is 9.18 Å². The molecular weight excluding hydrogens is 255 g/mol. The Hall–Kier alpha value is -1.29. The lowest BCUT2D eigenvalue weighted by molar-refractivity contribution is 0.220. The molecule has 2 amide bonds. The van der Waals surface area contributed by atoms with Crippen molar-refractivity contribution in [3.63, 3.8) is 0 Å². The van der Waals surface area contributed by atoms with Crippen LogP contribution in [0.4, 0.5) is 14.9 Å². The predicted octanol–water partition coefficient (Wildman–Crippen LogP) is 3.09. The highest BCUT2D eigenvalue weighted by atomic mass is 35.5. The largest absolute Gasteiger partial charge is 0.324 e. The van der Waals surface area contributed by atoms with Crippen LogP contribution in [0.3, 0.4) is 0 Å². The monoisotopic (exact) mass is 270 g/mol. The van der Waals surface area contributed by atoms with Crippen molar-refractivity contribution >= 4 is 23.3 Å². The standard InChI is InChI=1S/C13H16ClFN2O/c14-7-1-2-8-16-9-10-17(13(16)18)12-5-3-11(15)4-6-12/h3-6H,1-2,7-10H2. The summed E-state index contributed by atoms with van der Waals surface area (Å²) in [5.74, 6) is 0.341. The van der Waals surface area contributed by atoms with Gasteiger partial charge in [0.2, 0.25) is 0 Å². The molecule has 0 spiro atoms. The van der Waals surface area contributed by atoms with E-state index in [9.17, 15) is 9.18 Å².